The lowest BCUT2D eigenvalue weighted by molar-refractivity contribution is 0.0698. The number of carboxylic acid groups (broad SMARTS) is 1. The molecule has 0 heterocycles. The van der Waals surface area contributed by atoms with Crippen molar-refractivity contribution in [1.29, 1.82) is 0 Å². The van der Waals surface area contributed by atoms with E-state index in [0.717, 1.165) is 5.56 Å². The van der Waals surface area contributed by atoms with Gasteiger partial charge in [0.15, 0.2) is 0 Å². The molecule has 0 fully saturated rings. The van der Waals surface area contributed by atoms with Crippen LogP contribution in [0.25, 0.3) is 0 Å². The first-order valence-corrected chi connectivity index (χ1v) is 7.10. The van der Waals surface area contributed by atoms with Crippen LogP contribution in [0.2, 0.25) is 0 Å². The van der Waals surface area contributed by atoms with Gasteiger partial charge in [-0.1, -0.05) is 17.6 Å². The zero-order valence-corrected chi connectivity index (χ0v) is 11.9. The molecule has 3 N–H and O–H groups in total. The van der Waals surface area contributed by atoms with Crippen LogP contribution in [0.15, 0.2) is 18.2 Å². The van der Waals surface area contributed by atoms with Crippen LogP contribution in [-0.2, 0) is 0 Å². The Bertz CT molecular complexity index is 538. The molecular formula is C14H16N2O3S. The fraction of sp³-hybridized carbons (Fsp3) is 0.286. The van der Waals surface area contributed by atoms with E-state index in [1.165, 1.54) is 17.8 Å². The van der Waals surface area contributed by atoms with E-state index in [1.54, 1.807) is 19.1 Å². The van der Waals surface area contributed by atoms with Gasteiger partial charge >= 0.3 is 12.0 Å². The molecule has 0 saturated carbocycles. The minimum atomic E-state index is -1.08. The number of hydrogen-bond donors (Lipinski definition) is 3. The first kappa shape index (κ1) is 15.9. The summed E-state index contributed by atoms with van der Waals surface area (Å²) >= 11 is 1.54. The molecule has 0 bridgehead atoms. The summed E-state index contributed by atoms with van der Waals surface area (Å²) in [5.41, 5.74) is 1.16. The Hall–Kier alpha value is -2.13. The van der Waals surface area contributed by atoms with Crippen molar-refractivity contribution in [3.63, 3.8) is 0 Å². The van der Waals surface area contributed by atoms with Gasteiger partial charge in [0.1, 0.15) is 0 Å². The minimum Gasteiger partial charge on any atom is -0.478 e. The standard InChI is InChI=1S/C14H16N2O3S/c1-3-7-20-8-6-15-14(19)16-12-5-4-10(2)9-11(12)13(17)18/h1,4-5,9H,6-8H2,2H3,(H,17,18)(H2,15,16,19). The van der Waals surface area contributed by atoms with Crippen molar-refractivity contribution in [3.05, 3.63) is 29.3 Å². The maximum absolute atomic E-state index is 11.6. The van der Waals surface area contributed by atoms with Crippen LogP contribution >= 0.6 is 11.8 Å². The number of rotatable bonds is 6. The average molecular weight is 292 g/mol. The molecule has 1 aromatic carbocycles. The molecule has 0 radical (unpaired) electrons. The number of thioether (sulfide) groups is 1. The number of carbonyl (C=O) groups is 2. The van der Waals surface area contributed by atoms with Crippen molar-refractivity contribution in [2.24, 2.45) is 0 Å². The maximum Gasteiger partial charge on any atom is 0.337 e. The van der Waals surface area contributed by atoms with E-state index in [-0.39, 0.29) is 11.3 Å². The SMILES string of the molecule is C#CCSCCNC(=O)Nc1ccc(C)cc1C(=O)O. The van der Waals surface area contributed by atoms with Gasteiger partial charge in [-0.2, -0.15) is 0 Å². The van der Waals surface area contributed by atoms with Crippen LogP contribution in [0.1, 0.15) is 15.9 Å². The molecule has 0 atom stereocenters. The van der Waals surface area contributed by atoms with E-state index in [1.807, 2.05) is 0 Å². The van der Waals surface area contributed by atoms with E-state index in [9.17, 15) is 9.59 Å². The molecule has 1 rings (SSSR count). The summed E-state index contributed by atoms with van der Waals surface area (Å²) in [6, 6.07) is 4.40. The predicted molar refractivity (Wildman–Crippen MR) is 81.3 cm³/mol. The normalized spacial score (nSPS) is 9.60. The number of carbonyl (C=O) groups excluding carboxylic acids is 1. The quantitative estimate of drug-likeness (QED) is 0.555. The molecule has 0 aliphatic carbocycles. The summed E-state index contributed by atoms with van der Waals surface area (Å²) in [5.74, 6) is 2.72. The number of nitrogens with one attached hydrogen (secondary N) is 2. The maximum atomic E-state index is 11.6. The van der Waals surface area contributed by atoms with Crippen molar-refractivity contribution in [1.82, 2.24) is 5.32 Å². The molecule has 0 unspecified atom stereocenters. The average Bonchev–Trinajstić information content (AvgIpc) is 2.40. The second-order valence-corrected chi connectivity index (χ2v) is 5.10. The van der Waals surface area contributed by atoms with Crippen molar-refractivity contribution in [2.75, 3.05) is 23.4 Å². The third kappa shape index (κ3) is 5.24. The summed E-state index contributed by atoms with van der Waals surface area (Å²) in [7, 11) is 0. The van der Waals surface area contributed by atoms with E-state index in [0.29, 0.717) is 18.1 Å². The third-order valence-electron chi connectivity index (χ3n) is 2.37. The third-order valence-corrected chi connectivity index (χ3v) is 3.23. The molecular weight excluding hydrogens is 276 g/mol. The van der Waals surface area contributed by atoms with E-state index in [2.05, 4.69) is 16.6 Å². The molecule has 0 saturated heterocycles. The van der Waals surface area contributed by atoms with Gasteiger partial charge in [-0.05, 0) is 19.1 Å². The monoisotopic (exact) mass is 292 g/mol. The lowest BCUT2D eigenvalue weighted by Gasteiger charge is -2.10. The van der Waals surface area contributed by atoms with Crippen LogP contribution in [0.5, 0.6) is 0 Å². The highest BCUT2D eigenvalue weighted by atomic mass is 32.2. The highest BCUT2D eigenvalue weighted by molar-refractivity contribution is 7.99. The zero-order chi connectivity index (χ0) is 15.0. The van der Waals surface area contributed by atoms with Gasteiger partial charge in [0, 0.05) is 12.3 Å². The molecule has 2 amide bonds. The Morgan fingerprint density at radius 2 is 2.20 bits per heavy atom. The predicted octanol–water partition coefficient (Wildman–Crippen LogP) is 2.18. The van der Waals surface area contributed by atoms with Crippen molar-refractivity contribution < 1.29 is 14.7 Å². The van der Waals surface area contributed by atoms with Gasteiger partial charge < -0.3 is 15.7 Å². The van der Waals surface area contributed by atoms with E-state index < -0.39 is 12.0 Å². The lowest BCUT2D eigenvalue weighted by atomic mass is 10.1. The van der Waals surface area contributed by atoms with Crippen LogP contribution in [0, 0.1) is 19.3 Å². The van der Waals surface area contributed by atoms with Crippen LogP contribution in [-0.4, -0.2) is 35.2 Å². The molecule has 20 heavy (non-hydrogen) atoms. The summed E-state index contributed by atoms with van der Waals surface area (Å²) in [4.78, 5) is 22.7. The second-order valence-electron chi connectivity index (χ2n) is 3.99. The van der Waals surface area contributed by atoms with Gasteiger partial charge in [0.2, 0.25) is 0 Å². The van der Waals surface area contributed by atoms with Gasteiger partial charge in [-0.25, -0.2) is 9.59 Å². The number of benzene rings is 1. The lowest BCUT2D eigenvalue weighted by Crippen LogP contribution is -2.31. The Labute approximate surface area is 122 Å². The Kier molecular flexibility index (Phi) is 6.47. The molecule has 0 spiro atoms. The number of aromatic carboxylic acids is 1. The van der Waals surface area contributed by atoms with Crippen LogP contribution < -0.4 is 10.6 Å². The molecule has 0 aliphatic heterocycles. The van der Waals surface area contributed by atoms with Crippen molar-refractivity contribution in [2.45, 2.75) is 6.92 Å². The number of aryl methyl sites for hydroxylation is 1. The first-order valence-electron chi connectivity index (χ1n) is 5.94. The van der Waals surface area contributed by atoms with Crippen molar-refractivity contribution in [3.8, 4) is 12.3 Å². The molecule has 6 heteroatoms. The van der Waals surface area contributed by atoms with Crippen LogP contribution in [0.4, 0.5) is 10.5 Å². The number of hydrogen-bond acceptors (Lipinski definition) is 3. The Morgan fingerprint density at radius 1 is 1.45 bits per heavy atom. The smallest absolute Gasteiger partial charge is 0.337 e. The second kappa shape index (κ2) is 8.12. The number of urea groups is 1. The number of carboxylic acids is 1. The van der Waals surface area contributed by atoms with Gasteiger partial charge in [0.05, 0.1) is 17.0 Å². The zero-order valence-electron chi connectivity index (χ0n) is 11.1. The van der Waals surface area contributed by atoms with Crippen LogP contribution in [0.3, 0.4) is 0 Å². The largest absolute Gasteiger partial charge is 0.478 e. The van der Waals surface area contributed by atoms with E-state index >= 15 is 0 Å². The molecule has 0 aromatic heterocycles. The molecule has 1 aromatic rings. The van der Waals surface area contributed by atoms with Gasteiger partial charge in [-0.15, -0.1) is 18.2 Å². The number of anilines is 1. The fourth-order valence-electron chi connectivity index (χ4n) is 1.48. The highest BCUT2D eigenvalue weighted by Crippen LogP contribution is 2.17. The molecule has 0 aliphatic rings. The summed E-state index contributed by atoms with van der Waals surface area (Å²) in [6.07, 6.45) is 5.10. The summed E-state index contributed by atoms with van der Waals surface area (Å²) in [6.45, 7) is 2.26. The Morgan fingerprint density at radius 3 is 2.85 bits per heavy atom. The first-order chi connectivity index (χ1) is 9.54. The topological polar surface area (TPSA) is 78.4 Å². The molecule has 106 valence electrons. The summed E-state index contributed by atoms with van der Waals surface area (Å²) < 4.78 is 0. The number of amides is 2. The minimum absolute atomic E-state index is 0.0712. The Balaban J connectivity index is 2.54. The van der Waals surface area contributed by atoms with Gasteiger partial charge in [-0.3, -0.25) is 0 Å². The number of terminal acetylenes is 1. The highest BCUT2D eigenvalue weighted by Gasteiger charge is 2.12. The fourth-order valence-corrected chi connectivity index (χ4v) is 1.99. The van der Waals surface area contributed by atoms with Gasteiger partial charge in [0.25, 0.3) is 0 Å². The van der Waals surface area contributed by atoms with Crippen molar-refractivity contribution >= 4 is 29.4 Å². The molecule has 5 nitrogen and oxygen atoms in total. The van der Waals surface area contributed by atoms with E-state index in [4.69, 9.17) is 11.5 Å². The summed E-state index contributed by atoms with van der Waals surface area (Å²) in [5, 5.41) is 14.3.